The number of primary amides is 1. The van der Waals surface area contributed by atoms with E-state index in [0.717, 1.165) is 22.8 Å². The first-order valence-corrected chi connectivity index (χ1v) is 7.43. The number of carbonyl (C=O) groups is 1. The third-order valence-corrected chi connectivity index (χ3v) is 3.42. The summed E-state index contributed by atoms with van der Waals surface area (Å²) in [5.74, 6) is 1.78. The Morgan fingerprint density at radius 1 is 1.26 bits per heavy atom. The van der Waals surface area contributed by atoms with Crippen LogP contribution in [0, 0.1) is 0 Å². The number of benzene rings is 1. The lowest BCUT2D eigenvalue weighted by molar-refractivity contribution is -0.118. The van der Waals surface area contributed by atoms with Gasteiger partial charge in [0.2, 0.25) is 18.6 Å². The molecule has 0 radical (unpaired) electrons. The van der Waals surface area contributed by atoms with Gasteiger partial charge in [-0.15, -0.1) is 0 Å². The van der Waals surface area contributed by atoms with Crippen molar-refractivity contribution in [2.75, 3.05) is 18.7 Å². The number of fused-ring (bicyclic) bond motifs is 1. The number of carbonyl (C=O) groups excluding carboxylic acids is 1. The summed E-state index contributed by atoms with van der Waals surface area (Å²) in [6.07, 6.45) is 3.40. The van der Waals surface area contributed by atoms with E-state index >= 15 is 0 Å². The van der Waals surface area contributed by atoms with Gasteiger partial charge in [0.05, 0.1) is 5.69 Å². The predicted molar refractivity (Wildman–Crippen MR) is 84.3 cm³/mol. The van der Waals surface area contributed by atoms with Gasteiger partial charge in [0.1, 0.15) is 0 Å². The summed E-state index contributed by atoms with van der Waals surface area (Å²) in [7, 11) is 0. The van der Waals surface area contributed by atoms with Crippen LogP contribution in [0.25, 0.3) is 0 Å². The van der Waals surface area contributed by atoms with E-state index in [1.54, 1.807) is 6.20 Å². The molecule has 120 valence electrons. The number of nitrogens with one attached hydrogen (secondary N) is 1. The highest BCUT2D eigenvalue weighted by Gasteiger charge is 2.13. The number of hydrogen-bond donors (Lipinski definition) is 2. The van der Waals surface area contributed by atoms with Crippen LogP contribution >= 0.6 is 0 Å². The second-order valence-corrected chi connectivity index (χ2v) is 5.23. The van der Waals surface area contributed by atoms with Crippen molar-refractivity contribution in [3.05, 3.63) is 41.7 Å². The molecule has 0 saturated heterocycles. The molecule has 1 aromatic heterocycles. The Labute approximate surface area is 133 Å². The molecule has 2 aromatic rings. The van der Waals surface area contributed by atoms with Crippen molar-refractivity contribution in [1.82, 2.24) is 9.97 Å². The van der Waals surface area contributed by atoms with Crippen molar-refractivity contribution in [2.24, 2.45) is 5.73 Å². The van der Waals surface area contributed by atoms with Crippen LogP contribution in [0.4, 0.5) is 5.95 Å². The fourth-order valence-electron chi connectivity index (χ4n) is 2.30. The van der Waals surface area contributed by atoms with Crippen LogP contribution in [-0.4, -0.2) is 29.2 Å². The number of ether oxygens (including phenoxy) is 2. The first-order valence-electron chi connectivity index (χ1n) is 7.43. The highest BCUT2D eigenvalue weighted by atomic mass is 16.7. The van der Waals surface area contributed by atoms with E-state index in [9.17, 15) is 4.79 Å². The van der Waals surface area contributed by atoms with Gasteiger partial charge in [0.25, 0.3) is 0 Å². The lowest BCUT2D eigenvalue weighted by Gasteiger charge is -2.06. The number of hydrogen-bond acceptors (Lipinski definition) is 6. The summed E-state index contributed by atoms with van der Waals surface area (Å²) in [4.78, 5) is 19.3. The number of nitrogens with two attached hydrogens (primary N) is 1. The lowest BCUT2D eigenvalue weighted by Crippen LogP contribution is -2.13. The van der Waals surface area contributed by atoms with Gasteiger partial charge in [-0.05, 0) is 30.2 Å². The highest BCUT2D eigenvalue weighted by molar-refractivity contribution is 5.73. The molecule has 0 fully saturated rings. The molecule has 0 unspecified atom stereocenters. The average Bonchev–Trinajstić information content (AvgIpc) is 2.99. The Bertz CT molecular complexity index is 705. The molecular formula is C16H18N4O3. The molecule has 2 heterocycles. The molecule has 1 aliphatic rings. The largest absolute Gasteiger partial charge is 0.454 e. The van der Waals surface area contributed by atoms with Crippen molar-refractivity contribution in [3.63, 3.8) is 0 Å². The zero-order valence-corrected chi connectivity index (χ0v) is 12.6. The third kappa shape index (κ3) is 4.09. The number of nitrogens with zero attached hydrogens (tertiary/aromatic N) is 2. The molecule has 0 bridgehead atoms. The van der Waals surface area contributed by atoms with Crippen LogP contribution < -0.4 is 20.5 Å². The predicted octanol–water partition coefficient (Wildman–Crippen LogP) is 1.47. The Balaban J connectivity index is 1.60. The number of anilines is 1. The maximum Gasteiger partial charge on any atom is 0.231 e. The van der Waals surface area contributed by atoms with Crippen LogP contribution in [0.3, 0.4) is 0 Å². The zero-order valence-electron chi connectivity index (χ0n) is 12.6. The molecule has 1 aromatic carbocycles. The van der Waals surface area contributed by atoms with E-state index in [1.807, 2.05) is 24.3 Å². The second kappa shape index (κ2) is 6.95. The molecule has 3 rings (SSSR count). The van der Waals surface area contributed by atoms with Gasteiger partial charge in [-0.2, -0.15) is 0 Å². The van der Waals surface area contributed by atoms with E-state index in [0.29, 0.717) is 31.8 Å². The quantitative estimate of drug-likeness (QED) is 0.751. The smallest absolute Gasteiger partial charge is 0.231 e. The fraction of sp³-hybridized carbons (Fsp3) is 0.312. The van der Waals surface area contributed by atoms with E-state index in [2.05, 4.69) is 15.3 Å². The Kier molecular flexibility index (Phi) is 4.56. The van der Waals surface area contributed by atoms with Crippen LogP contribution in [-0.2, 0) is 11.2 Å². The van der Waals surface area contributed by atoms with Gasteiger partial charge in [-0.3, -0.25) is 4.79 Å². The van der Waals surface area contributed by atoms with E-state index < -0.39 is 0 Å². The molecule has 23 heavy (non-hydrogen) atoms. The van der Waals surface area contributed by atoms with E-state index in [4.69, 9.17) is 15.2 Å². The molecule has 0 aliphatic carbocycles. The van der Waals surface area contributed by atoms with E-state index in [-0.39, 0.29) is 12.7 Å². The van der Waals surface area contributed by atoms with Gasteiger partial charge in [0.15, 0.2) is 11.5 Å². The summed E-state index contributed by atoms with van der Waals surface area (Å²) < 4.78 is 10.7. The maximum absolute atomic E-state index is 10.7. The SMILES string of the molecule is NC(=O)CCCNc1nccc(Cc2ccc3c(c2)OCO3)n1. The average molecular weight is 314 g/mol. The lowest BCUT2D eigenvalue weighted by atomic mass is 10.1. The fourth-order valence-corrected chi connectivity index (χ4v) is 2.30. The normalized spacial score (nSPS) is 12.2. The molecule has 3 N–H and O–H groups in total. The number of rotatable bonds is 7. The molecule has 0 spiro atoms. The standard InChI is InChI=1S/C16H18N4O3/c17-15(21)2-1-6-18-16-19-7-5-12(20-16)8-11-3-4-13-14(9-11)23-10-22-13/h3-5,7,9H,1-2,6,8,10H2,(H2,17,21)(H,18,19,20). The van der Waals surface area contributed by atoms with Gasteiger partial charge in [-0.1, -0.05) is 6.07 Å². The number of aromatic nitrogens is 2. The van der Waals surface area contributed by atoms with Crippen molar-refractivity contribution in [2.45, 2.75) is 19.3 Å². The third-order valence-electron chi connectivity index (χ3n) is 3.42. The van der Waals surface area contributed by atoms with Crippen molar-refractivity contribution in [3.8, 4) is 11.5 Å². The van der Waals surface area contributed by atoms with Gasteiger partial charge in [0, 0.05) is 25.6 Å². The monoisotopic (exact) mass is 314 g/mol. The summed E-state index contributed by atoms with van der Waals surface area (Å²) in [6.45, 7) is 0.877. The minimum absolute atomic E-state index is 0.270. The van der Waals surface area contributed by atoms with Gasteiger partial charge >= 0.3 is 0 Å². The first-order chi connectivity index (χ1) is 11.2. The summed E-state index contributed by atoms with van der Waals surface area (Å²) in [6, 6.07) is 7.74. The molecular weight excluding hydrogens is 296 g/mol. The minimum atomic E-state index is -0.302. The maximum atomic E-state index is 10.7. The van der Waals surface area contributed by atoms with Crippen LogP contribution in [0.2, 0.25) is 0 Å². The Morgan fingerprint density at radius 2 is 2.13 bits per heavy atom. The molecule has 7 heteroatoms. The van der Waals surface area contributed by atoms with Crippen LogP contribution in [0.1, 0.15) is 24.1 Å². The molecule has 1 amide bonds. The Hall–Kier alpha value is -2.83. The Morgan fingerprint density at radius 3 is 3.00 bits per heavy atom. The van der Waals surface area contributed by atoms with Crippen LogP contribution in [0.15, 0.2) is 30.5 Å². The van der Waals surface area contributed by atoms with Crippen molar-refractivity contribution >= 4 is 11.9 Å². The molecule has 0 atom stereocenters. The topological polar surface area (TPSA) is 99.4 Å². The summed E-state index contributed by atoms with van der Waals surface area (Å²) >= 11 is 0. The van der Waals surface area contributed by atoms with Crippen molar-refractivity contribution in [1.29, 1.82) is 0 Å². The second-order valence-electron chi connectivity index (χ2n) is 5.23. The minimum Gasteiger partial charge on any atom is -0.454 e. The molecule has 1 aliphatic heterocycles. The van der Waals surface area contributed by atoms with Crippen LogP contribution in [0.5, 0.6) is 11.5 Å². The summed E-state index contributed by atoms with van der Waals surface area (Å²) in [5.41, 5.74) is 7.09. The number of amides is 1. The van der Waals surface area contributed by atoms with Gasteiger partial charge in [-0.25, -0.2) is 9.97 Å². The molecule has 7 nitrogen and oxygen atoms in total. The summed E-state index contributed by atoms with van der Waals surface area (Å²) in [5, 5.41) is 3.09. The molecule has 0 saturated carbocycles. The zero-order chi connectivity index (χ0) is 16.1. The van der Waals surface area contributed by atoms with E-state index in [1.165, 1.54) is 0 Å². The highest BCUT2D eigenvalue weighted by Crippen LogP contribution is 2.32. The first kappa shape index (κ1) is 15.1. The van der Waals surface area contributed by atoms with Crippen molar-refractivity contribution < 1.29 is 14.3 Å². The van der Waals surface area contributed by atoms with Gasteiger partial charge < -0.3 is 20.5 Å².